The molecule has 1 aliphatic rings. The molecule has 5 rings (SSSR count). The van der Waals surface area contributed by atoms with Gasteiger partial charge in [0.05, 0.1) is 23.5 Å². The fourth-order valence-corrected chi connectivity index (χ4v) is 4.69. The van der Waals surface area contributed by atoms with Gasteiger partial charge < -0.3 is 15.5 Å². The number of hydrogen-bond donors (Lipinski definition) is 2. The van der Waals surface area contributed by atoms with Crippen molar-refractivity contribution in [3.05, 3.63) is 42.5 Å². The number of benzene rings is 1. The first kappa shape index (κ1) is 26.0. The van der Waals surface area contributed by atoms with E-state index in [4.69, 9.17) is 10.5 Å². The Morgan fingerprint density at radius 3 is 2.83 bits per heavy atom. The number of imidazole rings is 2. The predicted octanol–water partition coefficient (Wildman–Crippen LogP) is 4.86. The van der Waals surface area contributed by atoms with Crippen LogP contribution in [0.25, 0.3) is 22.2 Å². The van der Waals surface area contributed by atoms with Crippen LogP contribution in [0, 0.1) is 5.82 Å². The lowest BCUT2D eigenvalue weighted by Crippen LogP contribution is -2.38. The van der Waals surface area contributed by atoms with E-state index in [2.05, 4.69) is 43.7 Å². The molecule has 2 atom stereocenters. The molecule has 0 amide bonds. The zero-order valence-corrected chi connectivity index (χ0v) is 21.6. The number of fused-ring (bicyclic) bond motifs is 2. The van der Waals surface area contributed by atoms with Gasteiger partial charge in [-0.15, -0.1) is 0 Å². The zero-order valence-electron chi connectivity index (χ0n) is 21.6. The molecular weight excluding hydrogens is 459 g/mol. The van der Waals surface area contributed by atoms with Crippen LogP contribution >= 0.6 is 0 Å². The summed E-state index contributed by atoms with van der Waals surface area (Å²) in [4.78, 5) is 23.0. The van der Waals surface area contributed by atoms with Crippen molar-refractivity contribution >= 4 is 28.0 Å². The molecule has 0 saturated carbocycles. The summed E-state index contributed by atoms with van der Waals surface area (Å²) in [6.07, 6.45) is 8.11. The number of aromatic nitrogens is 6. The number of aromatic amines is 1. The van der Waals surface area contributed by atoms with E-state index in [0.29, 0.717) is 23.0 Å². The fraction of sp³-hybridized carbons (Fsp3) is 0.538. The number of hydrogen-bond acceptors (Lipinski definition) is 7. The van der Waals surface area contributed by atoms with Crippen molar-refractivity contribution in [1.82, 2.24) is 34.4 Å². The van der Waals surface area contributed by atoms with Crippen molar-refractivity contribution in [2.75, 3.05) is 18.8 Å². The highest BCUT2D eigenvalue weighted by atomic mass is 19.1. The number of nitrogen functional groups attached to an aromatic ring is 1. The predicted molar refractivity (Wildman–Crippen MR) is 140 cm³/mol. The Labute approximate surface area is 211 Å². The number of nitrogens with one attached hydrogen (secondary N) is 1. The van der Waals surface area contributed by atoms with E-state index in [-0.39, 0.29) is 18.1 Å². The van der Waals surface area contributed by atoms with E-state index in [1.165, 1.54) is 18.5 Å². The van der Waals surface area contributed by atoms with Crippen LogP contribution < -0.4 is 5.73 Å². The Morgan fingerprint density at radius 2 is 2.03 bits per heavy atom. The molecule has 10 heteroatoms. The lowest BCUT2D eigenvalue weighted by atomic mass is 10.1. The third-order valence-corrected chi connectivity index (χ3v) is 6.55. The highest BCUT2D eigenvalue weighted by molar-refractivity contribution is 5.81. The second-order valence-corrected chi connectivity index (χ2v) is 9.26. The summed E-state index contributed by atoms with van der Waals surface area (Å²) in [6, 6.07) is 5.09. The van der Waals surface area contributed by atoms with Gasteiger partial charge in [0.1, 0.15) is 29.7 Å². The molecule has 0 radical (unpaired) electrons. The summed E-state index contributed by atoms with van der Waals surface area (Å²) < 4.78 is 21.7. The van der Waals surface area contributed by atoms with Crippen LogP contribution in [-0.2, 0) is 11.2 Å². The maximum absolute atomic E-state index is 13.4. The Hall–Kier alpha value is -3.11. The summed E-state index contributed by atoms with van der Waals surface area (Å²) in [5.74, 6) is 1.06. The molecule has 2 unspecified atom stereocenters. The quantitative estimate of drug-likeness (QED) is 0.318. The number of halogens is 1. The van der Waals surface area contributed by atoms with Crippen LogP contribution in [0.1, 0.15) is 65.4 Å². The van der Waals surface area contributed by atoms with Gasteiger partial charge in [0.2, 0.25) is 0 Å². The van der Waals surface area contributed by atoms with Gasteiger partial charge in [0, 0.05) is 19.0 Å². The van der Waals surface area contributed by atoms with Crippen LogP contribution in [-0.4, -0.2) is 59.6 Å². The molecule has 3 N–H and O–H groups in total. The Balaban J connectivity index is 0.00000148. The summed E-state index contributed by atoms with van der Waals surface area (Å²) in [6.45, 7) is 10.3. The summed E-state index contributed by atoms with van der Waals surface area (Å²) in [5.41, 5.74) is 8.82. The number of anilines is 1. The lowest BCUT2D eigenvalue weighted by molar-refractivity contribution is -0.0160. The van der Waals surface area contributed by atoms with Crippen LogP contribution in [0.15, 0.2) is 30.9 Å². The number of nitrogens with zero attached hydrogens (tertiary/aromatic N) is 6. The van der Waals surface area contributed by atoms with Crippen molar-refractivity contribution in [3.63, 3.8) is 0 Å². The van der Waals surface area contributed by atoms with Gasteiger partial charge in [-0.1, -0.05) is 13.8 Å². The molecule has 3 aromatic heterocycles. The molecule has 4 heterocycles. The number of rotatable bonds is 9. The minimum Gasteiger partial charge on any atom is -0.382 e. The molecule has 1 aromatic carbocycles. The first-order valence-corrected chi connectivity index (χ1v) is 12.9. The van der Waals surface area contributed by atoms with Crippen LogP contribution in [0.4, 0.5) is 10.2 Å². The standard InChI is InChI=1S/C24H31FN8O.C2H6/c1-15(2)32(10-4-3-5-20-30-18-8-6-16(25)11-19(18)31-20)12-17-7-9-21(34-17)33-14-29-22-23(26)27-13-28-24(22)33;1-2/h6,8,11,13-15,17,21H,3-5,7,9-10,12H2,1-2H3,(H,30,31)(H2,26,27,28);1-2H3. The first-order chi connectivity index (χ1) is 17.5. The number of ether oxygens (including phenoxy) is 1. The third kappa shape index (κ3) is 5.82. The SMILES string of the molecule is CC.CC(C)N(CCCCc1nc2ccc(F)cc2[nH]1)CC1CCC(n2cnc3c(N)ncnc32)O1. The summed E-state index contributed by atoms with van der Waals surface area (Å²) >= 11 is 0. The second-order valence-electron chi connectivity index (χ2n) is 9.26. The van der Waals surface area contributed by atoms with E-state index < -0.39 is 0 Å². The van der Waals surface area contributed by atoms with Gasteiger partial charge in [-0.25, -0.2) is 24.3 Å². The Bertz CT molecular complexity index is 1270. The fourth-order valence-electron chi connectivity index (χ4n) is 4.69. The zero-order chi connectivity index (χ0) is 25.7. The molecule has 194 valence electrons. The summed E-state index contributed by atoms with van der Waals surface area (Å²) in [5, 5.41) is 0. The molecule has 1 aliphatic heterocycles. The number of nitrogens with two attached hydrogens (primary N) is 1. The molecule has 0 aliphatic carbocycles. The van der Waals surface area contributed by atoms with Gasteiger partial charge in [-0.05, 0) is 64.3 Å². The molecule has 36 heavy (non-hydrogen) atoms. The van der Waals surface area contributed by atoms with Crippen LogP contribution in [0.3, 0.4) is 0 Å². The Morgan fingerprint density at radius 1 is 1.19 bits per heavy atom. The van der Waals surface area contributed by atoms with E-state index >= 15 is 0 Å². The average molecular weight is 497 g/mol. The maximum Gasteiger partial charge on any atom is 0.167 e. The normalized spacial score (nSPS) is 17.9. The van der Waals surface area contributed by atoms with Crippen molar-refractivity contribution in [2.45, 2.75) is 78.2 Å². The largest absolute Gasteiger partial charge is 0.382 e. The molecule has 0 bridgehead atoms. The van der Waals surface area contributed by atoms with Crippen LogP contribution in [0.2, 0.25) is 0 Å². The van der Waals surface area contributed by atoms with E-state index in [1.54, 1.807) is 12.4 Å². The molecule has 4 aromatic rings. The maximum atomic E-state index is 13.4. The smallest absolute Gasteiger partial charge is 0.167 e. The summed E-state index contributed by atoms with van der Waals surface area (Å²) in [7, 11) is 0. The highest BCUT2D eigenvalue weighted by Gasteiger charge is 2.30. The first-order valence-electron chi connectivity index (χ1n) is 12.9. The highest BCUT2D eigenvalue weighted by Crippen LogP contribution is 2.31. The Kier molecular flexibility index (Phi) is 8.48. The second kappa shape index (κ2) is 11.7. The minimum atomic E-state index is -0.245. The topological polar surface area (TPSA) is 111 Å². The van der Waals surface area contributed by atoms with E-state index in [0.717, 1.165) is 62.1 Å². The third-order valence-electron chi connectivity index (χ3n) is 6.55. The molecule has 9 nitrogen and oxygen atoms in total. The van der Waals surface area contributed by atoms with E-state index in [9.17, 15) is 4.39 Å². The number of unbranched alkanes of at least 4 members (excludes halogenated alkanes) is 1. The monoisotopic (exact) mass is 496 g/mol. The van der Waals surface area contributed by atoms with Gasteiger partial charge in [-0.2, -0.15) is 0 Å². The minimum absolute atomic E-state index is 0.0868. The van der Waals surface area contributed by atoms with E-state index in [1.807, 2.05) is 18.4 Å². The number of H-pyrrole nitrogens is 1. The van der Waals surface area contributed by atoms with Gasteiger partial charge in [-0.3, -0.25) is 9.47 Å². The van der Waals surface area contributed by atoms with Crippen molar-refractivity contribution in [1.29, 1.82) is 0 Å². The molecular formula is C26H37FN8O. The average Bonchev–Trinajstić information content (AvgIpc) is 3.60. The van der Waals surface area contributed by atoms with Gasteiger partial charge >= 0.3 is 0 Å². The molecule has 1 saturated heterocycles. The molecule has 0 spiro atoms. The van der Waals surface area contributed by atoms with Gasteiger partial charge in [0.25, 0.3) is 0 Å². The van der Waals surface area contributed by atoms with Crippen molar-refractivity contribution in [3.8, 4) is 0 Å². The molecule has 1 fully saturated rings. The van der Waals surface area contributed by atoms with Crippen molar-refractivity contribution < 1.29 is 9.13 Å². The van der Waals surface area contributed by atoms with Crippen molar-refractivity contribution in [2.24, 2.45) is 0 Å². The van der Waals surface area contributed by atoms with Gasteiger partial charge in [0.15, 0.2) is 11.5 Å². The lowest BCUT2D eigenvalue weighted by Gasteiger charge is -2.29. The van der Waals surface area contributed by atoms with Crippen LogP contribution in [0.5, 0.6) is 0 Å². The number of aryl methyl sites for hydroxylation is 1.